The fourth-order valence-electron chi connectivity index (χ4n) is 3.83. The van der Waals surface area contributed by atoms with Gasteiger partial charge >= 0.3 is 0 Å². The molecule has 0 aliphatic rings. The van der Waals surface area contributed by atoms with Crippen LogP contribution in [0.1, 0.15) is 30.0 Å². The van der Waals surface area contributed by atoms with Gasteiger partial charge in [0.1, 0.15) is 0 Å². The fraction of sp³-hybridized carbons (Fsp3) is 0.185. The van der Waals surface area contributed by atoms with Crippen LogP contribution in [0.4, 0.5) is 0 Å². The molecule has 2 aromatic heterocycles. The van der Waals surface area contributed by atoms with Crippen molar-refractivity contribution < 1.29 is 4.42 Å². The third kappa shape index (κ3) is 4.79. The van der Waals surface area contributed by atoms with Crippen LogP contribution in [0.15, 0.2) is 99.3 Å². The van der Waals surface area contributed by atoms with E-state index in [9.17, 15) is 4.79 Å². The number of nitrogens with zero attached hydrogens (tertiary/aromatic N) is 4. The Morgan fingerprint density at radius 1 is 0.912 bits per heavy atom. The van der Waals surface area contributed by atoms with E-state index in [1.54, 1.807) is 4.57 Å². The second kappa shape index (κ2) is 10.1. The third-order valence-corrected chi connectivity index (χ3v) is 6.69. The second-order valence-corrected chi connectivity index (χ2v) is 9.34. The molecular weight excluding hydrogens is 444 g/mol. The first kappa shape index (κ1) is 22.1. The molecular formula is C27H24N4O2S. The quantitative estimate of drug-likeness (QED) is 0.207. The first-order chi connectivity index (χ1) is 16.7. The van der Waals surface area contributed by atoms with Gasteiger partial charge in [-0.2, -0.15) is 0 Å². The average molecular weight is 469 g/mol. The van der Waals surface area contributed by atoms with Crippen LogP contribution >= 0.6 is 11.8 Å². The molecule has 1 atom stereocenters. The summed E-state index contributed by atoms with van der Waals surface area (Å²) in [6.07, 6.45) is 1.73. The molecule has 7 heteroatoms. The monoisotopic (exact) mass is 468 g/mol. The highest BCUT2D eigenvalue weighted by molar-refractivity contribution is 7.99. The van der Waals surface area contributed by atoms with Gasteiger partial charge in [0.25, 0.3) is 5.56 Å². The maximum atomic E-state index is 13.4. The summed E-state index contributed by atoms with van der Waals surface area (Å²) < 4.78 is 7.72. The Labute approximate surface area is 201 Å². The molecule has 6 nitrogen and oxygen atoms in total. The third-order valence-electron chi connectivity index (χ3n) is 5.61. The van der Waals surface area contributed by atoms with E-state index in [1.807, 2.05) is 79.7 Å². The second-order valence-electron chi connectivity index (χ2n) is 8.03. The van der Waals surface area contributed by atoms with Crippen molar-refractivity contribution in [2.75, 3.05) is 0 Å². The minimum atomic E-state index is -0.168. The number of aromatic nitrogens is 4. The average Bonchev–Trinajstić information content (AvgIpc) is 3.38. The van der Waals surface area contributed by atoms with Gasteiger partial charge in [-0.25, -0.2) is 4.98 Å². The van der Waals surface area contributed by atoms with E-state index in [0.29, 0.717) is 34.4 Å². The predicted octanol–water partition coefficient (Wildman–Crippen LogP) is 5.93. The molecule has 0 N–H and O–H groups in total. The number of thioether (sulfide) groups is 1. The van der Waals surface area contributed by atoms with Crippen LogP contribution < -0.4 is 5.56 Å². The summed E-state index contributed by atoms with van der Waals surface area (Å²) >= 11 is 1.46. The topological polar surface area (TPSA) is 73.8 Å². The smallest absolute Gasteiger partial charge is 0.262 e. The van der Waals surface area contributed by atoms with E-state index in [-0.39, 0.29) is 10.8 Å². The van der Waals surface area contributed by atoms with E-state index >= 15 is 0 Å². The molecule has 2 heterocycles. The molecule has 0 saturated heterocycles. The number of rotatable bonds is 8. The highest BCUT2D eigenvalue weighted by atomic mass is 32.2. The first-order valence-electron chi connectivity index (χ1n) is 11.3. The largest absolute Gasteiger partial charge is 0.419 e. The lowest BCUT2D eigenvalue weighted by molar-refractivity contribution is 0.507. The molecule has 0 spiro atoms. The Morgan fingerprint density at radius 3 is 2.41 bits per heavy atom. The van der Waals surface area contributed by atoms with Crippen LogP contribution in [-0.2, 0) is 13.0 Å². The minimum Gasteiger partial charge on any atom is -0.419 e. The molecule has 1 unspecified atom stereocenters. The normalized spacial score (nSPS) is 12.1. The standard InChI is InChI=1S/C27H24N4O2S/c1-19(24-29-30-25(33-24)21-14-6-3-7-15-21)34-27-28-23-17-9-8-16-22(23)26(32)31(27)18-10-13-20-11-4-2-5-12-20/h2-9,11-12,14-17,19H,10,13,18H2,1H3. The van der Waals surface area contributed by atoms with Crippen molar-refractivity contribution in [1.29, 1.82) is 0 Å². The van der Waals surface area contributed by atoms with Crippen molar-refractivity contribution in [3.8, 4) is 11.5 Å². The number of para-hydroxylation sites is 1. The molecule has 170 valence electrons. The lowest BCUT2D eigenvalue weighted by atomic mass is 10.1. The SMILES string of the molecule is CC(Sc1nc2ccccc2c(=O)n1CCCc1ccccc1)c1nnc(-c2ccccc2)o1. The number of aryl methyl sites for hydroxylation is 1. The molecule has 34 heavy (non-hydrogen) atoms. The highest BCUT2D eigenvalue weighted by Gasteiger charge is 2.20. The molecule has 3 aromatic carbocycles. The van der Waals surface area contributed by atoms with Crippen molar-refractivity contribution in [3.05, 3.63) is 107 Å². The number of hydrogen-bond donors (Lipinski definition) is 0. The zero-order valence-corrected chi connectivity index (χ0v) is 19.6. The van der Waals surface area contributed by atoms with Gasteiger partial charge in [-0.05, 0) is 49.6 Å². The minimum absolute atomic E-state index is 0.0242. The van der Waals surface area contributed by atoms with E-state index in [0.717, 1.165) is 18.4 Å². The maximum absolute atomic E-state index is 13.4. The summed E-state index contributed by atoms with van der Waals surface area (Å²) in [7, 11) is 0. The van der Waals surface area contributed by atoms with Gasteiger partial charge in [0.15, 0.2) is 5.16 Å². The van der Waals surface area contributed by atoms with Gasteiger partial charge in [-0.3, -0.25) is 9.36 Å². The van der Waals surface area contributed by atoms with Crippen LogP contribution in [0.5, 0.6) is 0 Å². The van der Waals surface area contributed by atoms with Crippen LogP contribution in [0, 0.1) is 0 Å². The van der Waals surface area contributed by atoms with Gasteiger partial charge in [0, 0.05) is 12.1 Å². The zero-order chi connectivity index (χ0) is 23.3. The molecule has 0 radical (unpaired) electrons. The van der Waals surface area contributed by atoms with E-state index < -0.39 is 0 Å². The number of hydrogen-bond acceptors (Lipinski definition) is 6. The summed E-state index contributed by atoms with van der Waals surface area (Å²) in [5.74, 6) is 0.983. The molecule has 0 aliphatic heterocycles. The predicted molar refractivity (Wildman–Crippen MR) is 135 cm³/mol. The molecule has 5 rings (SSSR count). The van der Waals surface area contributed by atoms with Crippen LogP contribution in [0.2, 0.25) is 0 Å². The van der Waals surface area contributed by atoms with E-state index in [2.05, 4.69) is 22.3 Å². The fourth-order valence-corrected chi connectivity index (χ4v) is 4.79. The van der Waals surface area contributed by atoms with Crippen LogP contribution in [0.3, 0.4) is 0 Å². The molecule has 0 aliphatic carbocycles. The van der Waals surface area contributed by atoms with Crippen LogP contribution in [-0.4, -0.2) is 19.7 Å². The Balaban J connectivity index is 1.41. The van der Waals surface area contributed by atoms with Gasteiger partial charge in [0.2, 0.25) is 11.8 Å². The van der Waals surface area contributed by atoms with Gasteiger partial charge in [-0.1, -0.05) is 72.4 Å². The highest BCUT2D eigenvalue weighted by Crippen LogP contribution is 2.34. The molecule has 0 bridgehead atoms. The number of fused-ring (bicyclic) bond motifs is 1. The first-order valence-corrected chi connectivity index (χ1v) is 12.2. The summed E-state index contributed by atoms with van der Waals surface area (Å²) in [5.41, 5.74) is 2.80. The Bertz CT molecular complexity index is 1450. The number of benzene rings is 3. The summed E-state index contributed by atoms with van der Waals surface area (Å²) in [6.45, 7) is 2.57. The van der Waals surface area contributed by atoms with Crippen molar-refractivity contribution in [2.24, 2.45) is 0 Å². The zero-order valence-electron chi connectivity index (χ0n) is 18.8. The summed E-state index contributed by atoms with van der Waals surface area (Å²) in [4.78, 5) is 18.2. The van der Waals surface area contributed by atoms with Crippen molar-refractivity contribution >= 4 is 22.7 Å². The summed E-state index contributed by atoms with van der Waals surface area (Å²) in [6, 6.07) is 27.5. The maximum Gasteiger partial charge on any atom is 0.262 e. The van der Waals surface area contributed by atoms with Gasteiger partial charge < -0.3 is 4.42 Å². The molecule has 0 amide bonds. The van der Waals surface area contributed by atoms with Crippen LogP contribution in [0.25, 0.3) is 22.4 Å². The van der Waals surface area contributed by atoms with Crippen molar-refractivity contribution in [1.82, 2.24) is 19.7 Å². The van der Waals surface area contributed by atoms with Gasteiger partial charge in [0.05, 0.1) is 16.2 Å². The van der Waals surface area contributed by atoms with Gasteiger partial charge in [-0.15, -0.1) is 10.2 Å². The summed E-state index contributed by atoms with van der Waals surface area (Å²) in [5, 5.41) is 9.57. The Kier molecular flexibility index (Phi) is 6.53. The Morgan fingerprint density at radius 2 is 1.62 bits per heavy atom. The molecule has 0 saturated carbocycles. The van der Waals surface area contributed by atoms with E-state index in [4.69, 9.17) is 9.40 Å². The lowest BCUT2D eigenvalue weighted by Gasteiger charge is -2.15. The van der Waals surface area contributed by atoms with Crippen molar-refractivity contribution in [2.45, 2.75) is 36.7 Å². The Hall–Kier alpha value is -3.71. The van der Waals surface area contributed by atoms with E-state index in [1.165, 1.54) is 17.3 Å². The molecule has 5 aromatic rings. The lowest BCUT2D eigenvalue weighted by Crippen LogP contribution is -2.24. The molecule has 0 fully saturated rings. The van der Waals surface area contributed by atoms with Crippen molar-refractivity contribution in [3.63, 3.8) is 0 Å².